The quantitative estimate of drug-likeness (QED) is 0.332. The molecule has 4 aromatic rings. The fourth-order valence-electron chi connectivity index (χ4n) is 5.54. The lowest BCUT2D eigenvalue weighted by Crippen LogP contribution is -2.30. The van der Waals surface area contributed by atoms with Gasteiger partial charge in [-0.1, -0.05) is 57.5 Å². The number of hydrogen-bond donors (Lipinski definition) is 1. The molecule has 0 aliphatic heterocycles. The van der Waals surface area contributed by atoms with Gasteiger partial charge in [0.1, 0.15) is 0 Å². The molecule has 2 aromatic carbocycles. The first-order valence-electron chi connectivity index (χ1n) is 12.7. The summed E-state index contributed by atoms with van der Waals surface area (Å²) in [6.07, 6.45) is 4.11. The summed E-state index contributed by atoms with van der Waals surface area (Å²) >= 11 is 0. The van der Waals surface area contributed by atoms with Gasteiger partial charge in [0.25, 0.3) is 0 Å². The Kier molecular flexibility index (Phi) is 6.15. The van der Waals surface area contributed by atoms with Gasteiger partial charge in [0.15, 0.2) is 17.1 Å². The van der Waals surface area contributed by atoms with E-state index in [2.05, 4.69) is 44.3 Å². The molecule has 1 atom stereocenters. The summed E-state index contributed by atoms with van der Waals surface area (Å²) in [7, 11) is 3.11. The lowest BCUT2D eigenvalue weighted by Gasteiger charge is -2.37. The Labute approximate surface area is 212 Å². The van der Waals surface area contributed by atoms with Crippen LogP contribution in [-0.4, -0.2) is 33.9 Å². The van der Waals surface area contributed by atoms with Gasteiger partial charge >= 0.3 is 0 Å². The van der Waals surface area contributed by atoms with Gasteiger partial charge in [-0.3, -0.25) is 0 Å². The van der Waals surface area contributed by atoms with Crippen molar-refractivity contribution in [3.05, 3.63) is 59.4 Å². The monoisotopic (exact) mass is 485 g/mol. The summed E-state index contributed by atoms with van der Waals surface area (Å²) in [5, 5.41) is 15.6. The third kappa shape index (κ3) is 3.89. The number of methoxy groups -OCH3 is 2. The summed E-state index contributed by atoms with van der Waals surface area (Å²) in [5.74, 6) is 1.27. The molecule has 2 heterocycles. The Morgan fingerprint density at radius 2 is 1.72 bits per heavy atom. The minimum Gasteiger partial charge on any atom is -0.502 e. The van der Waals surface area contributed by atoms with Crippen LogP contribution >= 0.6 is 0 Å². The molecule has 0 saturated heterocycles. The summed E-state index contributed by atoms with van der Waals surface area (Å²) < 4.78 is 13.1. The second-order valence-corrected chi connectivity index (χ2v) is 10.5. The molecule has 188 valence electrons. The Hall–Kier alpha value is -3.54. The Morgan fingerprint density at radius 1 is 1.06 bits per heavy atom. The minimum absolute atomic E-state index is 0.00568. The first-order valence-corrected chi connectivity index (χ1v) is 12.7. The van der Waals surface area contributed by atoms with Crippen molar-refractivity contribution in [1.82, 2.24) is 14.6 Å². The fraction of sp³-hybridized carbons (Fsp3) is 0.400. The van der Waals surface area contributed by atoms with Crippen molar-refractivity contribution in [2.45, 2.75) is 53.4 Å². The number of benzene rings is 2. The molecule has 6 heteroatoms. The van der Waals surface area contributed by atoms with Crippen molar-refractivity contribution >= 4 is 5.65 Å². The number of hydrogen-bond acceptors (Lipinski definition) is 5. The molecule has 36 heavy (non-hydrogen) atoms. The molecule has 0 fully saturated rings. The van der Waals surface area contributed by atoms with Crippen molar-refractivity contribution < 1.29 is 14.6 Å². The first kappa shape index (κ1) is 24.2. The summed E-state index contributed by atoms with van der Waals surface area (Å²) in [4.78, 5) is 5.29. The Balaban J connectivity index is 1.82. The lowest BCUT2D eigenvalue weighted by molar-refractivity contribution is 0.181. The van der Waals surface area contributed by atoms with Gasteiger partial charge in [-0.15, -0.1) is 0 Å². The van der Waals surface area contributed by atoms with E-state index in [4.69, 9.17) is 19.6 Å². The minimum atomic E-state index is -0.00568. The lowest BCUT2D eigenvalue weighted by atomic mass is 9.68. The third-order valence-corrected chi connectivity index (χ3v) is 8.16. The van der Waals surface area contributed by atoms with Crippen LogP contribution in [0.5, 0.6) is 17.2 Å². The van der Waals surface area contributed by atoms with Crippen LogP contribution < -0.4 is 9.47 Å². The van der Waals surface area contributed by atoms with Crippen LogP contribution in [0.3, 0.4) is 0 Å². The van der Waals surface area contributed by atoms with E-state index in [0.717, 1.165) is 59.4 Å². The molecule has 0 saturated carbocycles. The van der Waals surface area contributed by atoms with Crippen molar-refractivity contribution in [2.75, 3.05) is 14.2 Å². The van der Waals surface area contributed by atoms with Crippen molar-refractivity contribution in [3.63, 3.8) is 0 Å². The van der Waals surface area contributed by atoms with E-state index < -0.39 is 0 Å². The molecule has 1 aliphatic carbocycles. The molecule has 1 aliphatic rings. The predicted octanol–water partition coefficient (Wildman–Crippen LogP) is 6.64. The van der Waals surface area contributed by atoms with E-state index in [1.807, 2.05) is 30.3 Å². The number of nitrogens with zero attached hydrogens (tertiary/aromatic N) is 3. The number of phenolic OH excluding ortho intramolecular Hbond substituents is 1. The zero-order valence-electron chi connectivity index (χ0n) is 22.1. The summed E-state index contributed by atoms with van der Waals surface area (Å²) in [6.45, 7) is 9.07. The van der Waals surface area contributed by atoms with Crippen LogP contribution in [0, 0.1) is 18.3 Å². The number of rotatable bonds is 6. The molecule has 0 spiro atoms. The Bertz CT molecular complexity index is 1400. The van der Waals surface area contributed by atoms with Gasteiger partial charge in [0, 0.05) is 22.4 Å². The summed E-state index contributed by atoms with van der Waals surface area (Å²) in [6, 6.07) is 14.0. The van der Waals surface area contributed by atoms with Crippen LogP contribution in [0.25, 0.3) is 28.0 Å². The van der Waals surface area contributed by atoms with Gasteiger partial charge < -0.3 is 14.6 Å². The number of phenols is 1. The van der Waals surface area contributed by atoms with Gasteiger partial charge in [0.05, 0.1) is 25.6 Å². The SMILES string of the molecule is CCC(C)(C)[C@H]1CCc2c(c(-c3cc(OC)c(O)c(OC)c3)nc3c(-c4ccccc4)c(C)nn23)C1. The zero-order chi connectivity index (χ0) is 25.6. The number of aromatic hydroxyl groups is 1. The molecule has 2 aromatic heterocycles. The van der Waals surface area contributed by atoms with Crippen molar-refractivity contribution in [3.8, 4) is 39.6 Å². The topological polar surface area (TPSA) is 68.9 Å². The average molecular weight is 486 g/mol. The van der Waals surface area contributed by atoms with E-state index in [9.17, 15) is 5.11 Å². The van der Waals surface area contributed by atoms with Crippen LogP contribution in [0.2, 0.25) is 0 Å². The normalized spacial score (nSPS) is 15.7. The number of aryl methyl sites for hydroxylation is 2. The van der Waals surface area contributed by atoms with Gasteiger partial charge in [-0.05, 0) is 55.2 Å². The fourth-order valence-corrected chi connectivity index (χ4v) is 5.54. The smallest absolute Gasteiger partial charge is 0.200 e. The van der Waals surface area contributed by atoms with E-state index >= 15 is 0 Å². The van der Waals surface area contributed by atoms with Crippen LogP contribution in [-0.2, 0) is 12.8 Å². The maximum atomic E-state index is 10.6. The molecular formula is C30H35N3O3. The number of fused-ring (bicyclic) bond motifs is 3. The molecule has 0 bridgehead atoms. The third-order valence-electron chi connectivity index (χ3n) is 8.16. The van der Waals surface area contributed by atoms with Crippen LogP contribution in [0.1, 0.15) is 50.6 Å². The van der Waals surface area contributed by atoms with E-state index in [0.29, 0.717) is 17.4 Å². The van der Waals surface area contributed by atoms with Gasteiger partial charge in [-0.25, -0.2) is 9.50 Å². The van der Waals surface area contributed by atoms with Gasteiger partial charge in [-0.2, -0.15) is 5.10 Å². The summed E-state index contributed by atoms with van der Waals surface area (Å²) in [5.41, 5.74) is 8.40. The molecule has 0 unspecified atom stereocenters. The van der Waals surface area contributed by atoms with Crippen LogP contribution in [0.15, 0.2) is 42.5 Å². The maximum Gasteiger partial charge on any atom is 0.200 e. The number of ether oxygens (including phenoxy) is 2. The van der Waals surface area contributed by atoms with E-state index in [-0.39, 0.29) is 11.2 Å². The first-order chi connectivity index (χ1) is 17.3. The number of aromatic nitrogens is 3. The highest BCUT2D eigenvalue weighted by Crippen LogP contribution is 2.46. The molecule has 0 amide bonds. The molecule has 0 radical (unpaired) electrons. The highest BCUT2D eigenvalue weighted by Gasteiger charge is 2.35. The van der Waals surface area contributed by atoms with E-state index in [1.165, 1.54) is 11.3 Å². The largest absolute Gasteiger partial charge is 0.502 e. The molecule has 6 nitrogen and oxygen atoms in total. The molecular weight excluding hydrogens is 450 g/mol. The van der Waals surface area contributed by atoms with Crippen molar-refractivity contribution in [1.29, 1.82) is 0 Å². The van der Waals surface area contributed by atoms with Crippen LogP contribution in [0.4, 0.5) is 0 Å². The maximum absolute atomic E-state index is 10.6. The zero-order valence-corrected chi connectivity index (χ0v) is 22.1. The second-order valence-electron chi connectivity index (χ2n) is 10.5. The van der Waals surface area contributed by atoms with E-state index in [1.54, 1.807) is 14.2 Å². The average Bonchev–Trinajstić information content (AvgIpc) is 3.24. The Morgan fingerprint density at radius 3 is 2.33 bits per heavy atom. The molecule has 1 N–H and O–H groups in total. The van der Waals surface area contributed by atoms with Crippen molar-refractivity contribution in [2.24, 2.45) is 11.3 Å². The standard InChI is InChI=1S/C30H35N3O3/c1-7-30(3,4)21-13-14-23-22(17-21)27(20-15-24(35-5)28(34)25(16-20)36-6)31-29-26(18(2)32-33(23)29)19-11-9-8-10-12-19/h8-12,15-16,21,34H,7,13-14,17H2,1-6H3/t21-/m0/s1. The molecule has 5 rings (SSSR count). The predicted molar refractivity (Wildman–Crippen MR) is 143 cm³/mol. The van der Waals surface area contributed by atoms with Gasteiger partial charge in [0.2, 0.25) is 5.75 Å². The second kappa shape index (κ2) is 9.16. The highest BCUT2D eigenvalue weighted by atomic mass is 16.5. The highest BCUT2D eigenvalue weighted by molar-refractivity contribution is 5.83.